The van der Waals surface area contributed by atoms with E-state index in [9.17, 15) is 13.2 Å². The van der Waals surface area contributed by atoms with Crippen molar-refractivity contribution in [2.45, 2.75) is 24.3 Å². The van der Waals surface area contributed by atoms with E-state index in [0.717, 1.165) is 6.42 Å². The number of carbonyl (C=O) groups excluding carboxylic acids is 1. The molecular formula is C20H23ClN4O3S. The Labute approximate surface area is 176 Å². The van der Waals surface area contributed by atoms with E-state index in [-0.39, 0.29) is 35.1 Å². The Hall–Kier alpha value is -2.42. The van der Waals surface area contributed by atoms with Crippen LogP contribution in [0, 0.1) is 5.92 Å². The van der Waals surface area contributed by atoms with E-state index in [4.69, 9.17) is 5.73 Å². The number of anilines is 1. The molecule has 1 amide bonds. The molecule has 154 valence electrons. The summed E-state index contributed by atoms with van der Waals surface area (Å²) in [5.74, 6) is 0.622. The molecule has 3 N–H and O–H groups in total. The molecule has 2 heterocycles. The first-order valence-corrected chi connectivity index (χ1v) is 10.7. The first-order valence-electron chi connectivity index (χ1n) is 9.21. The molecule has 2 atom stereocenters. The number of sulfonamides is 1. The zero-order valence-electron chi connectivity index (χ0n) is 15.9. The van der Waals surface area contributed by atoms with Crippen LogP contribution in [0.1, 0.15) is 29.3 Å². The normalized spacial score (nSPS) is 21.9. The van der Waals surface area contributed by atoms with Crippen molar-refractivity contribution in [3.63, 3.8) is 0 Å². The van der Waals surface area contributed by atoms with E-state index >= 15 is 0 Å². The molecule has 2 aromatic carbocycles. The van der Waals surface area contributed by atoms with Crippen LogP contribution >= 0.6 is 12.4 Å². The maximum absolute atomic E-state index is 12.8. The maximum Gasteiger partial charge on any atom is 0.285 e. The monoisotopic (exact) mass is 434 g/mol. The molecule has 7 nitrogen and oxygen atoms in total. The number of halogens is 1. The molecule has 0 bridgehead atoms. The molecule has 2 aliphatic heterocycles. The number of nitrogens with zero attached hydrogens (tertiary/aromatic N) is 2. The van der Waals surface area contributed by atoms with Crippen LogP contribution in [0.5, 0.6) is 0 Å². The molecule has 2 unspecified atom stereocenters. The smallest absolute Gasteiger partial charge is 0.285 e. The van der Waals surface area contributed by atoms with Crippen LogP contribution in [0.2, 0.25) is 0 Å². The van der Waals surface area contributed by atoms with Crippen molar-refractivity contribution in [1.29, 1.82) is 0 Å². The summed E-state index contributed by atoms with van der Waals surface area (Å²) in [6.07, 6.45) is 0.926. The zero-order valence-corrected chi connectivity index (χ0v) is 17.5. The second-order valence-corrected chi connectivity index (χ2v) is 8.83. The summed E-state index contributed by atoms with van der Waals surface area (Å²) in [6.45, 7) is 3.31. The molecule has 1 fully saturated rings. The minimum absolute atomic E-state index is 0. The molecule has 2 aliphatic rings. The molecule has 1 saturated heterocycles. The van der Waals surface area contributed by atoms with Crippen molar-refractivity contribution in [2.75, 3.05) is 18.4 Å². The Kier molecular flexibility index (Phi) is 5.97. The molecule has 9 heteroatoms. The summed E-state index contributed by atoms with van der Waals surface area (Å²) in [5, 5.41) is 3.04. The number of benzene rings is 2. The summed E-state index contributed by atoms with van der Waals surface area (Å²) in [4.78, 5) is 14.8. The number of nitrogens with one attached hydrogen (secondary N) is 1. The fraction of sp³-hybridized carbons (Fsp3) is 0.300. The van der Waals surface area contributed by atoms with Gasteiger partial charge in [0.05, 0.1) is 0 Å². The van der Waals surface area contributed by atoms with Crippen LogP contribution in [-0.4, -0.2) is 44.2 Å². The van der Waals surface area contributed by atoms with Crippen LogP contribution in [0.3, 0.4) is 0 Å². The van der Waals surface area contributed by atoms with Crippen LogP contribution < -0.4 is 11.1 Å². The lowest BCUT2D eigenvalue weighted by Gasteiger charge is -2.21. The number of likely N-dealkylation sites (tertiary alicyclic amines) is 1. The Balaban J connectivity index is 0.00000240. The summed E-state index contributed by atoms with van der Waals surface area (Å²) in [7, 11) is -3.67. The van der Waals surface area contributed by atoms with Crippen LogP contribution in [0.4, 0.5) is 5.69 Å². The average Bonchev–Trinajstić information content (AvgIpc) is 3.19. The van der Waals surface area contributed by atoms with E-state index < -0.39 is 10.0 Å². The van der Waals surface area contributed by atoms with Crippen molar-refractivity contribution < 1.29 is 13.2 Å². The largest absolute Gasteiger partial charge is 0.339 e. The summed E-state index contributed by atoms with van der Waals surface area (Å²) in [5.41, 5.74) is 7.55. The maximum atomic E-state index is 12.8. The molecule has 4 rings (SSSR count). The number of amidine groups is 1. The molecule has 0 aliphatic carbocycles. The van der Waals surface area contributed by atoms with Crippen molar-refractivity contribution in [3.8, 4) is 0 Å². The van der Waals surface area contributed by atoms with Gasteiger partial charge in [0, 0.05) is 29.4 Å². The van der Waals surface area contributed by atoms with Gasteiger partial charge in [0.15, 0.2) is 5.84 Å². The van der Waals surface area contributed by atoms with Crippen molar-refractivity contribution in [1.82, 2.24) is 4.90 Å². The highest BCUT2D eigenvalue weighted by Crippen LogP contribution is 2.27. The van der Waals surface area contributed by atoms with E-state index in [1.165, 1.54) is 6.07 Å². The lowest BCUT2D eigenvalue weighted by Crippen LogP contribution is -2.34. The van der Waals surface area contributed by atoms with Gasteiger partial charge in [0.2, 0.25) is 0 Å². The molecule has 29 heavy (non-hydrogen) atoms. The Bertz CT molecular complexity index is 1050. The third-order valence-electron chi connectivity index (χ3n) is 5.28. The fourth-order valence-electron chi connectivity index (χ4n) is 3.79. The highest BCUT2D eigenvalue weighted by atomic mass is 35.5. The molecule has 0 radical (unpaired) electrons. The van der Waals surface area contributed by atoms with Gasteiger partial charge in [-0.25, -0.2) is 0 Å². The van der Waals surface area contributed by atoms with Gasteiger partial charge in [0.1, 0.15) is 4.90 Å². The number of fused-ring (bicyclic) bond motifs is 1. The van der Waals surface area contributed by atoms with Crippen molar-refractivity contribution in [2.24, 2.45) is 16.0 Å². The van der Waals surface area contributed by atoms with Gasteiger partial charge < -0.3 is 16.0 Å². The summed E-state index contributed by atoms with van der Waals surface area (Å²) < 4.78 is 28.1. The Morgan fingerprint density at radius 3 is 2.55 bits per heavy atom. The van der Waals surface area contributed by atoms with E-state index in [0.29, 0.717) is 35.8 Å². The standard InChI is InChI=1S/C20H22N4O3S.ClH/c1-13-10-14(11-21)12-24(13)20(25)15-6-8-16(9-7-15)22-19-17-4-2-3-5-18(17)28(26,27)23-19;/h2-9,13-14H,10-12,21H2,1H3,(H,22,23);1H. The number of rotatable bonds is 3. The van der Waals surface area contributed by atoms with Crippen LogP contribution in [0.25, 0.3) is 0 Å². The van der Waals surface area contributed by atoms with Crippen LogP contribution in [-0.2, 0) is 10.0 Å². The molecule has 0 aromatic heterocycles. The Morgan fingerprint density at radius 2 is 1.90 bits per heavy atom. The number of carbonyl (C=O) groups is 1. The Morgan fingerprint density at radius 1 is 1.21 bits per heavy atom. The zero-order chi connectivity index (χ0) is 19.9. The predicted octanol–water partition coefficient (Wildman–Crippen LogP) is 2.48. The van der Waals surface area contributed by atoms with Gasteiger partial charge in [-0.1, -0.05) is 12.1 Å². The van der Waals surface area contributed by atoms with Gasteiger partial charge in [-0.2, -0.15) is 8.42 Å². The average molecular weight is 435 g/mol. The van der Waals surface area contributed by atoms with Gasteiger partial charge in [-0.3, -0.25) is 4.79 Å². The summed E-state index contributed by atoms with van der Waals surface area (Å²) >= 11 is 0. The fourth-order valence-corrected chi connectivity index (χ4v) is 4.97. The lowest BCUT2D eigenvalue weighted by atomic mass is 10.1. The third-order valence-corrected chi connectivity index (χ3v) is 6.62. The van der Waals surface area contributed by atoms with Crippen molar-refractivity contribution >= 4 is 39.9 Å². The first kappa shape index (κ1) is 21.3. The van der Waals surface area contributed by atoms with Gasteiger partial charge in [0.25, 0.3) is 15.9 Å². The highest BCUT2D eigenvalue weighted by molar-refractivity contribution is 7.90. The summed E-state index contributed by atoms with van der Waals surface area (Å²) in [6, 6.07) is 13.9. The van der Waals surface area contributed by atoms with Gasteiger partial charge in [-0.05, 0) is 62.2 Å². The predicted molar refractivity (Wildman–Crippen MR) is 115 cm³/mol. The molecule has 2 aromatic rings. The highest BCUT2D eigenvalue weighted by Gasteiger charge is 2.32. The van der Waals surface area contributed by atoms with E-state index in [2.05, 4.69) is 9.71 Å². The molecular weight excluding hydrogens is 412 g/mol. The first-order chi connectivity index (χ1) is 13.4. The quantitative estimate of drug-likeness (QED) is 0.772. The molecule has 0 spiro atoms. The second-order valence-electron chi connectivity index (χ2n) is 7.26. The SMILES string of the molecule is CC1CC(CN)CN1C(=O)c1ccc(NC2=NS(=O)(=O)c3ccccc32)cc1.Cl. The number of amides is 1. The van der Waals surface area contributed by atoms with E-state index in [1.54, 1.807) is 42.5 Å². The van der Waals surface area contributed by atoms with Crippen molar-refractivity contribution in [3.05, 3.63) is 59.7 Å². The van der Waals surface area contributed by atoms with Crippen LogP contribution in [0.15, 0.2) is 57.8 Å². The van der Waals surface area contributed by atoms with E-state index in [1.807, 2.05) is 11.8 Å². The minimum Gasteiger partial charge on any atom is -0.339 e. The van der Waals surface area contributed by atoms with Gasteiger partial charge >= 0.3 is 0 Å². The topological polar surface area (TPSA) is 105 Å². The molecule has 0 saturated carbocycles. The second kappa shape index (κ2) is 8.14. The lowest BCUT2D eigenvalue weighted by molar-refractivity contribution is 0.0743. The third kappa shape index (κ3) is 4.01. The minimum atomic E-state index is -3.67. The van der Waals surface area contributed by atoms with Gasteiger partial charge in [-0.15, -0.1) is 16.8 Å². The number of hydrogen-bond donors (Lipinski definition) is 2. The number of hydrogen-bond acceptors (Lipinski definition) is 5. The number of nitrogens with two attached hydrogens (primary N) is 1.